The predicted octanol–water partition coefficient (Wildman–Crippen LogP) is 5.86. The molecule has 0 aromatic heterocycles. The lowest BCUT2D eigenvalue weighted by molar-refractivity contribution is 0.230. The van der Waals surface area contributed by atoms with Gasteiger partial charge in [-0.05, 0) is 54.4 Å². The second-order valence-electron chi connectivity index (χ2n) is 5.74. The fourth-order valence-electron chi connectivity index (χ4n) is 3.30. The summed E-state index contributed by atoms with van der Waals surface area (Å²) in [6.07, 6.45) is 6.39. The Balaban J connectivity index is 2.29. The van der Waals surface area contributed by atoms with Crippen molar-refractivity contribution in [2.24, 2.45) is 11.3 Å². The van der Waals surface area contributed by atoms with E-state index in [1.165, 1.54) is 31.2 Å². The summed E-state index contributed by atoms with van der Waals surface area (Å²) in [6, 6.07) is 5.92. The fraction of sp³-hybridized carbons (Fsp3) is 0.625. The second-order valence-corrected chi connectivity index (χ2v) is 7.30. The highest BCUT2D eigenvalue weighted by atomic mass is 79.9. The van der Waals surface area contributed by atoms with Crippen molar-refractivity contribution in [3.63, 3.8) is 0 Å². The van der Waals surface area contributed by atoms with Crippen molar-refractivity contribution in [1.29, 1.82) is 0 Å². The van der Waals surface area contributed by atoms with Crippen LogP contribution in [0.4, 0.5) is 0 Å². The van der Waals surface area contributed by atoms with Gasteiger partial charge in [0, 0.05) is 15.7 Å². The van der Waals surface area contributed by atoms with Crippen LogP contribution in [-0.2, 0) is 6.42 Å². The van der Waals surface area contributed by atoms with E-state index in [1.54, 1.807) is 7.11 Å². The zero-order valence-electron chi connectivity index (χ0n) is 11.8. The van der Waals surface area contributed by atoms with E-state index in [2.05, 4.69) is 37.9 Å². The molecule has 20 heavy (non-hydrogen) atoms. The highest BCUT2D eigenvalue weighted by Crippen LogP contribution is 2.46. The lowest BCUT2D eigenvalue weighted by atomic mass is 9.73. The minimum atomic E-state index is 0.245. The number of hydrogen-bond acceptors (Lipinski definition) is 1. The summed E-state index contributed by atoms with van der Waals surface area (Å²) in [5.74, 6) is 1.71. The van der Waals surface area contributed by atoms with Gasteiger partial charge in [-0.15, -0.1) is 0 Å². The van der Waals surface area contributed by atoms with Crippen molar-refractivity contribution < 1.29 is 4.74 Å². The zero-order valence-corrected chi connectivity index (χ0v) is 15.7. The maximum Gasteiger partial charge on any atom is 0.122 e. The molecule has 0 amide bonds. The minimum absolute atomic E-state index is 0.245. The minimum Gasteiger partial charge on any atom is -0.496 e. The van der Waals surface area contributed by atoms with E-state index in [4.69, 9.17) is 16.3 Å². The Bertz CT molecular complexity index is 440. The van der Waals surface area contributed by atoms with Gasteiger partial charge in [0.2, 0.25) is 0 Å². The molecule has 0 spiro atoms. The van der Waals surface area contributed by atoms with Gasteiger partial charge in [-0.2, -0.15) is 0 Å². The van der Waals surface area contributed by atoms with Crippen LogP contribution in [0.5, 0.6) is 5.75 Å². The molecule has 0 unspecified atom stereocenters. The summed E-state index contributed by atoms with van der Waals surface area (Å²) in [5, 5.41) is 2.79. The number of methoxy groups -OCH3 is 1. The molecule has 1 fully saturated rings. The van der Waals surface area contributed by atoms with E-state index in [1.807, 2.05) is 12.1 Å². The normalized spacial score (nSPS) is 16.6. The average molecular weight is 425 g/mol. The maximum atomic E-state index is 6.17. The van der Waals surface area contributed by atoms with Gasteiger partial charge in [-0.1, -0.05) is 56.3 Å². The van der Waals surface area contributed by atoms with Crippen LogP contribution in [0.1, 0.15) is 31.2 Å². The van der Waals surface area contributed by atoms with Gasteiger partial charge in [-0.25, -0.2) is 0 Å². The first-order valence-electron chi connectivity index (χ1n) is 7.09. The second kappa shape index (κ2) is 7.51. The lowest BCUT2D eigenvalue weighted by Crippen LogP contribution is -2.35. The van der Waals surface area contributed by atoms with Crippen LogP contribution in [0, 0.1) is 11.3 Å². The van der Waals surface area contributed by atoms with Gasteiger partial charge < -0.3 is 4.74 Å². The number of alkyl halides is 2. The Kier molecular flexibility index (Phi) is 6.25. The highest BCUT2D eigenvalue weighted by Gasteiger charge is 2.39. The number of benzene rings is 1. The third-order valence-corrected chi connectivity index (χ3v) is 7.01. The summed E-state index contributed by atoms with van der Waals surface area (Å²) in [6.45, 7) is 0. The molecular weight excluding hydrogens is 403 g/mol. The Hall–Kier alpha value is 0.270. The Labute approximate surface area is 143 Å². The molecule has 2 rings (SSSR count). The first-order valence-corrected chi connectivity index (χ1v) is 9.71. The summed E-state index contributed by atoms with van der Waals surface area (Å²) in [7, 11) is 1.73. The Morgan fingerprint density at radius 3 is 2.45 bits per heavy atom. The largest absolute Gasteiger partial charge is 0.496 e. The van der Waals surface area contributed by atoms with Gasteiger partial charge in [0.1, 0.15) is 5.75 Å². The molecule has 0 aliphatic heterocycles. The summed E-state index contributed by atoms with van der Waals surface area (Å²) < 4.78 is 5.51. The van der Waals surface area contributed by atoms with Gasteiger partial charge in [0.05, 0.1) is 7.11 Å². The number of hydrogen-bond donors (Lipinski definition) is 0. The van der Waals surface area contributed by atoms with E-state index in [0.29, 0.717) is 0 Å². The van der Waals surface area contributed by atoms with Crippen molar-refractivity contribution in [1.82, 2.24) is 0 Å². The van der Waals surface area contributed by atoms with Gasteiger partial charge >= 0.3 is 0 Å². The first kappa shape index (κ1) is 16.6. The lowest BCUT2D eigenvalue weighted by Gasteiger charge is -2.37. The van der Waals surface area contributed by atoms with Crippen molar-refractivity contribution in [2.45, 2.75) is 32.1 Å². The molecule has 1 saturated carbocycles. The number of halogens is 3. The summed E-state index contributed by atoms with van der Waals surface area (Å²) in [4.78, 5) is 0. The van der Waals surface area contributed by atoms with Crippen molar-refractivity contribution in [2.75, 3.05) is 17.8 Å². The van der Waals surface area contributed by atoms with E-state index >= 15 is 0 Å². The molecule has 4 heteroatoms. The number of rotatable bonds is 6. The SMILES string of the molecule is COc1ccc(Cl)cc1CC(CBr)(CBr)C1CCCC1. The van der Waals surface area contributed by atoms with Crippen LogP contribution in [0.15, 0.2) is 18.2 Å². The van der Waals surface area contributed by atoms with E-state index < -0.39 is 0 Å². The smallest absolute Gasteiger partial charge is 0.122 e. The monoisotopic (exact) mass is 422 g/mol. The molecule has 1 aliphatic carbocycles. The molecule has 1 nitrogen and oxygen atoms in total. The molecule has 0 N–H and O–H groups in total. The van der Waals surface area contributed by atoms with Crippen LogP contribution in [-0.4, -0.2) is 17.8 Å². The molecule has 112 valence electrons. The van der Waals surface area contributed by atoms with Crippen LogP contribution in [0.3, 0.4) is 0 Å². The first-order chi connectivity index (χ1) is 9.65. The van der Waals surface area contributed by atoms with Crippen LogP contribution >= 0.6 is 43.5 Å². The van der Waals surface area contributed by atoms with E-state index in [-0.39, 0.29) is 5.41 Å². The number of ether oxygens (including phenoxy) is 1. The van der Waals surface area contributed by atoms with Gasteiger partial charge in [-0.3, -0.25) is 0 Å². The quantitative estimate of drug-likeness (QED) is 0.520. The highest BCUT2D eigenvalue weighted by molar-refractivity contribution is 9.09. The van der Waals surface area contributed by atoms with Crippen molar-refractivity contribution in [3.05, 3.63) is 28.8 Å². The fourth-order valence-corrected chi connectivity index (χ4v) is 5.73. The molecule has 0 radical (unpaired) electrons. The molecule has 1 aromatic carbocycles. The topological polar surface area (TPSA) is 9.23 Å². The van der Waals surface area contributed by atoms with Gasteiger partial charge in [0.15, 0.2) is 0 Å². The molecular formula is C16H21Br2ClO. The third kappa shape index (κ3) is 3.53. The Morgan fingerprint density at radius 1 is 1.25 bits per heavy atom. The van der Waals surface area contributed by atoms with Crippen LogP contribution in [0.2, 0.25) is 5.02 Å². The third-order valence-electron chi connectivity index (χ3n) is 4.54. The van der Waals surface area contributed by atoms with Crippen molar-refractivity contribution in [3.8, 4) is 5.75 Å². The molecule has 0 bridgehead atoms. The molecule has 1 aliphatic rings. The summed E-state index contributed by atoms with van der Waals surface area (Å²) >= 11 is 13.7. The molecule has 0 atom stereocenters. The average Bonchev–Trinajstić information content (AvgIpc) is 3.00. The standard InChI is InChI=1S/C16H21Br2ClO/c1-20-15-7-6-14(19)8-12(15)9-16(10-17,11-18)13-4-2-3-5-13/h6-8,13H,2-5,9-11H2,1H3. The Morgan fingerprint density at radius 2 is 1.90 bits per heavy atom. The summed E-state index contributed by atoms with van der Waals surface area (Å²) in [5.41, 5.74) is 1.46. The van der Waals surface area contributed by atoms with E-state index in [9.17, 15) is 0 Å². The van der Waals surface area contributed by atoms with Crippen LogP contribution in [0.25, 0.3) is 0 Å². The maximum absolute atomic E-state index is 6.17. The van der Waals surface area contributed by atoms with Crippen LogP contribution < -0.4 is 4.74 Å². The van der Waals surface area contributed by atoms with Gasteiger partial charge in [0.25, 0.3) is 0 Å². The molecule has 0 saturated heterocycles. The zero-order chi connectivity index (χ0) is 14.6. The van der Waals surface area contributed by atoms with Crippen molar-refractivity contribution >= 4 is 43.5 Å². The predicted molar refractivity (Wildman–Crippen MR) is 93.7 cm³/mol. The molecule has 1 aromatic rings. The van der Waals surface area contributed by atoms with E-state index in [0.717, 1.165) is 33.8 Å². The molecule has 0 heterocycles.